The van der Waals surface area contributed by atoms with E-state index in [1.165, 1.54) is 12.1 Å². The Bertz CT molecular complexity index is 1450. The highest BCUT2D eigenvalue weighted by molar-refractivity contribution is 7.80. The van der Waals surface area contributed by atoms with Crippen LogP contribution in [0, 0.1) is 10.1 Å². The number of furan rings is 1. The van der Waals surface area contributed by atoms with Crippen molar-refractivity contribution in [2.45, 2.75) is 12.1 Å². The Morgan fingerprint density at radius 1 is 0.974 bits per heavy atom. The molecular formula is C28H25N5O4S. The number of rotatable bonds is 6. The van der Waals surface area contributed by atoms with Gasteiger partial charge in [-0.1, -0.05) is 18.2 Å². The predicted molar refractivity (Wildman–Crippen MR) is 148 cm³/mol. The minimum atomic E-state index is -0.411. The summed E-state index contributed by atoms with van der Waals surface area (Å²) in [6, 6.07) is 23.7. The molecule has 0 saturated carbocycles. The average molecular weight is 528 g/mol. The molecule has 192 valence electrons. The van der Waals surface area contributed by atoms with Gasteiger partial charge in [-0.2, -0.15) is 0 Å². The lowest BCUT2D eigenvalue weighted by Crippen LogP contribution is -2.36. The summed E-state index contributed by atoms with van der Waals surface area (Å²) < 4.78 is 11.8. The van der Waals surface area contributed by atoms with Gasteiger partial charge in [-0.25, -0.2) is 0 Å². The fraction of sp³-hybridized carbons (Fsp3) is 0.214. The number of pyridine rings is 1. The van der Waals surface area contributed by atoms with Crippen LogP contribution in [0.3, 0.4) is 0 Å². The lowest BCUT2D eigenvalue weighted by Gasteiger charge is -2.30. The van der Waals surface area contributed by atoms with Gasteiger partial charge in [0.15, 0.2) is 5.11 Å². The molecule has 4 heterocycles. The van der Waals surface area contributed by atoms with E-state index in [9.17, 15) is 10.1 Å². The van der Waals surface area contributed by atoms with Crippen molar-refractivity contribution in [1.29, 1.82) is 0 Å². The minimum absolute atomic E-state index is 0.0116. The van der Waals surface area contributed by atoms with E-state index in [4.69, 9.17) is 21.4 Å². The van der Waals surface area contributed by atoms with Crippen molar-refractivity contribution in [1.82, 2.24) is 10.3 Å². The van der Waals surface area contributed by atoms with Gasteiger partial charge in [-0.15, -0.1) is 0 Å². The first kappa shape index (κ1) is 24.1. The molecule has 2 aliphatic rings. The highest BCUT2D eigenvalue weighted by Crippen LogP contribution is 2.43. The number of aromatic nitrogens is 1. The Morgan fingerprint density at radius 3 is 2.50 bits per heavy atom. The molecule has 2 fully saturated rings. The zero-order valence-electron chi connectivity index (χ0n) is 20.4. The van der Waals surface area contributed by atoms with Crippen LogP contribution < -0.4 is 15.1 Å². The van der Waals surface area contributed by atoms with Gasteiger partial charge in [-0.05, 0) is 60.7 Å². The van der Waals surface area contributed by atoms with Crippen molar-refractivity contribution in [2.75, 3.05) is 36.1 Å². The number of ether oxygens (including phenoxy) is 1. The van der Waals surface area contributed by atoms with Gasteiger partial charge in [0.05, 0.1) is 29.9 Å². The molecule has 2 atom stereocenters. The molecule has 2 aliphatic heterocycles. The molecule has 0 spiro atoms. The highest BCUT2D eigenvalue weighted by atomic mass is 32.1. The molecule has 0 radical (unpaired) electrons. The van der Waals surface area contributed by atoms with Crippen molar-refractivity contribution in [2.24, 2.45) is 0 Å². The Kier molecular flexibility index (Phi) is 6.48. The number of morpholine rings is 1. The summed E-state index contributed by atoms with van der Waals surface area (Å²) >= 11 is 5.82. The second kappa shape index (κ2) is 10.2. The number of nitro groups is 1. The first-order valence-corrected chi connectivity index (χ1v) is 12.8. The van der Waals surface area contributed by atoms with Gasteiger partial charge >= 0.3 is 0 Å². The highest BCUT2D eigenvalue weighted by Gasteiger charge is 2.42. The van der Waals surface area contributed by atoms with Crippen molar-refractivity contribution in [3.63, 3.8) is 0 Å². The fourth-order valence-electron chi connectivity index (χ4n) is 5.01. The van der Waals surface area contributed by atoms with E-state index in [1.54, 1.807) is 18.3 Å². The van der Waals surface area contributed by atoms with Crippen LogP contribution in [-0.2, 0) is 4.74 Å². The SMILES string of the molecule is O=[N+]([O-])c1cccc(-c2ccc([C@@H]3[C@@H](c4ccccn4)NC(=S)N3c3ccc(N4CCOCC4)cc3)o2)c1. The third kappa shape index (κ3) is 4.59. The normalized spacial score (nSPS) is 19.4. The van der Waals surface area contributed by atoms with Crippen LogP contribution >= 0.6 is 12.2 Å². The van der Waals surface area contributed by atoms with Crippen molar-refractivity contribution in [3.05, 3.63) is 107 Å². The van der Waals surface area contributed by atoms with E-state index >= 15 is 0 Å². The topological polar surface area (TPSA) is 96.9 Å². The van der Waals surface area contributed by atoms with E-state index in [0.717, 1.165) is 43.4 Å². The second-order valence-electron chi connectivity index (χ2n) is 9.12. The molecule has 1 N–H and O–H groups in total. The number of nitro benzene ring substituents is 1. The summed E-state index contributed by atoms with van der Waals surface area (Å²) in [5.74, 6) is 1.22. The summed E-state index contributed by atoms with van der Waals surface area (Å²) in [6.45, 7) is 3.17. The maximum absolute atomic E-state index is 11.3. The third-order valence-corrected chi connectivity index (χ3v) is 7.18. The predicted octanol–water partition coefficient (Wildman–Crippen LogP) is 5.26. The number of anilines is 2. The van der Waals surface area contributed by atoms with Gasteiger partial charge in [-0.3, -0.25) is 15.1 Å². The van der Waals surface area contributed by atoms with Crippen molar-refractivity contribution >= 4 is 34.4 Å². The molecule has 0 aliphatic carbocycles. The smallest absolute Gasteiger partial charge is 0.270 e. The second-order valence-corrected chi connectivity index (χ2v) is 9.51. The van der Waals surface area contributed by atoms with Crippen LogP contribution in [-0.4, -0.2) is 41.3 Å². The van der Waals surface area contributed by atoms with Crippen molar-refractivity contribution < 1.29 is 14.1 Å². The largest absolute Gasteiger partial charge is 0.459 e. The maximum Gasteiger partial charge on any atom is 0.270 e. The standard InChI is InChI=1S/C28H25N5O4S/c34-33(35)22-5-3-4-19(18-22)24-11-12-25(37-24)27-26(23-6-1-2-13-29-23)30-28(38)32(27)21-9-7-20(8-10-21)31-14-16-36-17-15-31/h1-13,18,26-27H,14-17H2,(H,30,38)/t26-,27-/m1/s1. The Morgan fingerprint density at radius 2 is 1.76 bits per heavy atom. The molecule has 9 nitrogen and oxygen atoms in total. The van der Waals surface area contributed by atoms with Gasteiger partial charge in [0, 0.05) is 48.4 Å². The zero-order valence-corrected chi connectivity index (χ0v) is 21.2. The van der Waals surface area contributed by atoms with Crippen LogP contribution in [0.1, 0.15) is 23.5 Å². The molecule has 0 unspecified atom stereocenters. The molecule has 2 aromatic heterocycles. The Hall–Kier alpha value is -4.28. The molecule has 10 heteroatoms. The minimum Gasteiger partial charge on any atom is -0.459 e. The summed E-state index contributed by atoms with van der Waals surface area (Å²) in [6.07, 6.45) is 1.76. The first-order valence-electron chi connectivity index (χ1n) is 12.4. The number of non-ortho nitro benzene ring substituents is 1. The lowest BCUT2D eigenvalue weighted by molar-refractivity contribution is -0.384. The lowest BCUT2D eigenvalue weighted by atomic mass is 10.0. The van der Waals surface area contributed by atoms with Crippen LogP contribution in [0.2, 0.25) is 0 Å². The Balaban J connectivity index is 1.37. The summed E-state index contributed by atoms with van der Waals surface area (Å²) in [4.78, 5) is 19.8. The fourth-order valence-corrected chi connectivity index (χ4v) is 5.35. The van der Waals surface area contributed by atoms with Gasteiger partial charge in [0.25, 0.3) is 5.69 Å². The van der Waals surface area contributed by atoms with Gasteiger partial charge in [0.1, 0.15) is 17.6 Å². The van der Waals surface area contributed by atoms with Crippen LogP contribution in [0.4, 0.5) is 17.1 Å². The summed E-state index contributed by atoms with van der Waals surface area (Å²) in [7, 11) is 0. The van der Waals surface area contributed by atoms with Crippen LogP contribution in [0.25, 0.3) is 11.3 Å². The monoisotopic (exact) mass is 527 g/mol. The first-order chi connectivity index (χ1) is 18.6. The van der Waals surface area contributed by atoms with E-state index in [-0.39, 0.29) is 17.8 Å². The van der Waals surface area contributed by atoms with Crippen LogP contribution in [0.15, 0.2) is 89.5 Å². The van der Waals surface area contributed by atoms with Crippen LogP contribution in [0.5, 0.6) is 0 Å². The average Bonchev–Trinajstić information content (AvgIpc) is 3.59. The number of thiocarbonyl (C=S) groups is 1. The number of hydrogen-bond donors (Lipinski definition) is 1. The van der Waals surface area contributed by atoms with E-state index < -0.39 is 4.92 Å². The van der Waals surface area contributed by atoms with E-state index in [1.807, 2.05) is 35.2 Å². The van der Waals surface area contributed by atoms with Crippen molar-refractivity contribution in [3.8, 4) is 11.3 Å². The van der Waals surface area contributed by atoms with Gasteiger partial charge < -0.3 is 24.3 Å². The van der Waals surface area contributed by atoms with E-state index in [0.29, 0.717) is 22.2 Å². The third-order valence-electron chi connectivity index (χ3n) is 6.86. The summed E-state index contributed by atoms with van der Waals surface area (Å²) in [5.41, 5.74) is 3.54. The number of hydrogen-bond acceptors (Lipinski definition) is 7. The van der Waals surface area contributed by atoms with E-state index in [2.05, 4.69) is 39.5 Å². The number of benzene rings is 2. The quantitative estimate of drug-likeness (QED) is 0.204. The molecule has 2 aromatic carbocycles. The summed E-state index contributed by atoms with van der Waals surface area (Å²) in [5, 5.41) is 15.3. The maximum atomic E-state index is 11.3. The zero-order chi connectivity index (χ0) is 26.1. The number of nitrogens with one attached hydrogen (secondary N) is 1. The van der Waals surface area contributed by atoms with Gasteiger partial charge in [0.2, 0.25) is 0 Å². The molecule has 6 rings (SSSR count). The molecular weight excluding hydrogens is 502 g/mol. The molecule has 2 saturated heterocycles. The molecule has 38 heavy (non-hydrogen) atoms. The number of nitrogens with zero attached hydrogens (tertiary/aromatic N) is 4. The molecule has 4 aromatic rings. The Labute approximate surface area is 224 Å². The molecule has 0 bridgehead atoms. The molecule has 0 amide bonds.